The lowest BCUT2D eigenvalue weighted by molar-refractivity contribution is -0.140. The minimum Gasteiger partial charge on any atom is -0.468 e. The summed E-state index contributed by atoms with van der Waals surface area (Å²) in [6.07, 6.45) is 2.28. The van der Waals surface area contributed by atoms with Crippen LogP contribution in [0.4, 0.5) is 0 Å². The van der Waals surface area contributed by atoms with Crippen LogP contribution in [-0.2, 0) is 9.53 Å². The second kappa shape index (κ2) is 5.23. The summed E-state index contributed by atoms with van der Waals surface area (Å²) in [7, 11) is 1.46. The van der Waals surface area contributed by atoms with E-state index in [2.05, 4.69) is 15.9 Å². The second-order valence-corrected chi connectivity index (χ2v) is 5.98. The average molecular weight is 301 g/mol. The normalized spacial score (nSPS) is 16.9. The minimum atomic E-state index is -0.101. The molecule has 0 aliphatic heterocycles. The summed E-state index contributed by atoms with van der Waals surface area (Å²) >= 11 is 5.00. The number of thioether (sulfide) groups is 1. The van der Waals surface area contributed by atoms with Gasteiger partial charge in [0, 0.05) is 9.37 Å². The molecule has 0 amide bonds. The van der Waals surface area contributed by atoms with E-state index < -0.39 is 0 Å². The SMILES string of the molecule is COC(=O)C(Sc1ccc(Br)cc1)C1CC1. The molecule has 1 atom stereocenters. The van der Waals surface area contributed by atoms with Crippen molar-refractivity contribution < 1.29 is 9.53 Å². The number of methoxy groups -OCH3 is 1. The van der Waals surface area contributed by atoms with Crippen LogP contribution in [0.15, 0.2) is 33.6 Å². The Balaban J connectivity index is 2.05. The van der Waals surface area contributed by atoms with Gasteiger partial charge < -0.3 is 4.74 Å². The van der Waals surface area contributed by atoms with Crippen LogP contribution in [0.25, 0.3) is 0 Å². The second-order valence-electron chi connectivity index (χ2n) is 3.85. The molecule has 86 valence electrons. The van der Waals surface area contributed by atoms with Crippen molar-refractivity contribution in [1.29, 1.82) is 0 Å². The molecule has 1 aromatic rings. The topological polar surface area (TPSA) is 26.3 Å². The van der Waals surface area contributed by atoms with Crippen LogP contribution in [-0.4, -0.2) is 18.3 Å². The smallest absolute Gasteiger partial charge is 0.319 e. The fourth-order valence-electron chi connectivity index (χ4n) is 1.51. The molecule has 0 saturated heterocycles. The summed E-state index contributed by atoms with van der Waals surface area (Å²) in [4.78, 5) is 12.7. The molecule has 4 heteroatoms. The van der Waals surface area contributed by atoms with Crippen LogP contribution in [0.3, 0.4) is 0 Å². The molecule has 1 saturated carbocycles. The molecule has 0 N–H and O–H groups in total. The summed E-state index contributed by atoms with van der Waals surface area (Å²) in [6, 6.07) is 8.02. The quantitative estimate of drug-likeness (QED) is 0.629. The molecular formula is C12H13BrO2S. The number of ether oxygens (including phenoxy) is 1. The largest absolute Gasteiger partial charge is 0.468 e. The predicted molar refractivity (Wildman–Crippen MR) is 68.5 cm³/mol. The van der Waals surface area contributed by atoms with Crippen molar-refractivity contribution >= 4 is 33.7 Å². The first-order chi connectivity index (χ1) is 7.70. The monoisotopic (exact) mass is 300 g/mol. The van der Waals surface area contributed by atoms with Crippen molar-refractivity contribution in [3.05, 3.63) is 28.7 Å². The lowest BCUT2D eigenvalue weighted by Crippen LogP contribution is -2.20. The summed E-state index contributed by atoms with van der Waals surface area (Å²) < 4.78 is 5.89. The standard InChI is InChI=1S/C12H13BrO2S/c1-15-12(14)11(8-2-3-8)16-10-6-4-9(13)5-7-10/h4-8,11H,2-3H2,1H3. The highest BCUT2D eigenvalue weighted by Gasteiger charge is 2.37. The molecule has 0 aromatic heterocycles. The number of benzene rings is 1. The van der Waals surface area contributed by atoms with Gasteiger partial charge in [-0.15, -0.1) is 11.8 Å². The zero-order valence-electron chi connectivity index (χ0n) is 8.98. The molecule has 1 fully saturated rings. The molecule has 0 bridgehead atoms. The first-order valence-electron chi connectivity index (χ1n) is 5.21. The lowest BCUT2D eigenvalue weighted by atomic mass is 10.3. The third kappa shape index (κ3) is 3.01. The Hall–Kier alpha value is -0.480. The van der Waals surface area contributed by atoms with E-state index in [1.54, 1.807) is 11.8 Å². The van der Waals surface area contributed by atoms with E-state index >= 15 is 0 Å². The van der Waals surface area contributed by atoms with Gasteiger partial charge in [0.2, 0.25) is 0 Å². The zero-order chi connectivity index (χ0) is 11.5. The molecular weight excluding hydrogens is 288 g/mol. The van der Waals surface area contributed by atoms with E-state index in [9.17, 15) is 4.79 Å². The van der Waals surface area contributed by atoms with Crippen LogP contribution in [0.1, 0.15) is 12.8 Å². The predicted octanol–water partition coefficient (Wildman–Crippen LogP) is 3.49. The molecule has 0 spiro atoms. The van der Waals surface area contributed by atoms with E-state index in [0.717, 1.165) is 22.2 Å². The van der Waals surface area contributed by atoms with Gasteiger partial charge in [-0.3, -0.25) is 4.79 Å². The molecule has 2 nitrogen and oxygen atoms in total. The van der Waals surface area contributed by atoms with E-state index in [1.165, 1.54) is 7.11 Å². The van der Waals surface area contributed by atoms with Crippen LogP contribution in [0.2, 0.25) is 0 Å². The maximum absolute atomic E-state index is 11.6. The number of hydrogen-bond donors (Lipinski definition) is 0. The van der Waals surface area contributed by atoms with Crippen molar-refractivity contribution in [1.82, 2.24) is 0 Å². The van der Waals surface area contributed by atoms with Crippen molar-refractivity contribution in [3.63, 3.8) is 0 Å². The third-order valence-electron chi connectivity index (χ3n) is 2.56. The summed E-state index contributed by atoms with van der Waals surface area (Å²) in [5.41, 5.74) is 0. The minimum absolute atomic E-state index is 0.0359. The van der Waals surface area contributed by atoms with Crippen LogP contribution in [0.5, 0.6) is 0 Å². The molecule has 1 aromatic carbocycles. The Morgan fingerprint density at radius 1 is 1.44 bits per heavy atom. The number of esters is 1. The Bertz CT molecular complexity index is 373. The molecule has 1 aliphatic rings. The zero-order valence-corrected chi connectivity index (χ0v) is 11.4. The van der Waals surface area contributed by atoms with E-state index in [4.69, 9.17) is 4.74 Å². The van der Waals surface area contributed by atoms with E-state index in [1.807, 2.05) is 24.3 Å². The van der Waals surface area contributed by atoms with Crippen molar-refractivity contribution in [2.24, 2.45) is 5.92 Å². The van der Waals surface area contributed by atoms with Crippen LogP contribution < -0.4 is 0 Å². The number of rotatable bonds is 4. The Labute approximate surface area is 108 Å². The van der Waals surface area contributed by atoms with Gasteiger partial charge in [0.25, 0.3) is 0 Å². The molecule has 0 heterocycles. The molecule has 1 aliphatic carbocycles. The highest BCUT2D eigenvalue weighted by Crippen LogP contribution is 2.42. The Kier molecular flexibility index (Phi) is 3.92. The highest BCUT2D eigenvalue weighted by atomic mass is 79.9. The molecule has 2 rings (SSSR count). The fourth-order valence-corrected chi connectivity index (χ4v) is 3.02. The van der Waals surface area contributed by atoms with E-state index in [-0.39, 0.29) is 11.2 Å². The van der Waals surface area contributed by atoms with Gasteiger partial charge in [0.05, 0.1) is 7.11 Å². The Morgan fingerprint density at radius 2 is 2.06 bits per heavy atom. The number of hydrogen-bond acceptors (Lipinski definition) is 3. The van der Waals surface area contributed by atoms with Crippen LogP contribution >= 0.6 is 27.7 Å². The van der Waals surface area contributed by atoms with Gasteiger partial charge in [-0.1, -0.05) is 15.9 Å². The summed E-state index contributed by atoms with van der Waals surface area (Å²) in [5, 5.41) is -0.0359. The number of carbonyl (C=O) groups excluding carboxylic acids is 1. The summed E-state index contributed by atoms with van der Waals surface area (Å²) in [5.74, 6) is 0.400. The van der Waals surface area contributed by atoms with Crippen molar-refractivity contribution in [2.45, 2.75) is 23.0 Å². The highest BCUT2D eigenvalue weighted by molar-refractivity contribution is 9.10. The Morgan fingerprint density at radius 3 is 2.56 bits per heavy atom. The van der Waals surface area contributed by atoms with Gasteiger partial charge in [-0.2, -0.15) is 0 Å². The van der Waals surface area contributed by atoms with E-state index in [0.29, 0.717) is 5.92 Å². The molecule has 0 radical (unpaired) electrons. The maximum Gasteiger partial charge on any atom is 0.319 e. The summed E-state index contributed by atoms with van der Waals surface area (Å²) in [6.45, 7) is 0. The van der Waals surface area contributed by atoms with Crippen LogP contribution in [0, 0.1) is 5.92 Å². The fraction of sp³-hybridized carbons (Fsp3) is 0.417. The van der Waals surface area contributed by atoms with Gasteiger partial charge in [-0.25, -0.2) is 0 Å². The average Bonchev–Trinajstić information content (AvgIpc) is 3.11. The molecule has 1 unspecified atom stereocenters. The number of carbonyl (C=O) groups is 1. The maximum atomic E-state index is 11.6. The lowest BCUT2D eigenvalue weighted by Gasteiger charge is -2.13. The molecule has 16 heavy (non-hydrogen) atoms. The van der Waals surface area contributed by atoms with Gasteiger partial charge in [-0.05, 0) is 43.0 Å². The van der Waals surface area contributed by atoms with Crippen molar-refractivity contribution in [2.75, 3.05) is 7.11 Å². The first kappa shape index (κ1) is 12.0. The first-order valence-corrected chi connectivity index (χ1v) is 6.88. The van der Waals surface area contributed by atoms with Crippen molar-refractivity contribution in [3.8, 4) is 0 Å². The number of halogens is 1. The van der Waals surface area contributed by atoms with Gasteiger partial charge in [0.1, 0.15) is 5.25 Å². The van der Waals surface area contributed by atoms with Gasteiger partial charge in [0.15, 0.2) is 0 Å². The van der Waals surface area contributed by atoms with Gasteiger partial charge >= 0.3 is 5.97 Å². The third-order valence-corrected chi connectivity index (χ3v) is 4.46.